The number of anilines is 1. The lowest BCUT2D eigenvalue weighted by atomic mass is 10.1. The molecule has 3 heterocycles. The summed E-state index contributed by atoms with van der Waals surface area (Å²) in [4.78, 5) is 21.9. The zero-order valence-electron chi connectivity index (χ0n) is 17.6. The van der Waals surface area contributed by atoms with Crippen LogP contribution in [0, 0.1) is 0 Å². The molecule has 0 saturated carbocycles. The molecule has 0 radical (unpaired) electrons. The molecule has 1 aromatic carbocycles. The molecular weight excluding hydrogens is 464 g/mol. The molecule has 0 saturated heterocycles. The van der Waals surface area contributed by atoms with Crippen molar-refractivity contribution in [3.63, 3.8) is 0 Å². The second-order valence-corrected chi connectivity index (χ2v) is 8.90. The highest BCUT2D eigenvalue weighted by molar-refractivity contribution is 9.10. The average molecular weight is 487 g/mol. The monoisotopic (exact) mass is 486 g/mol. The van der Waals surface area contributed by atoms with Gasteiger partial charge in [-0.3, -0.25) is 9.48 Å². The van der Waals surface area contributed by atoms with Crippen LogP contribution < -0.4 is 10.6 Å². The summed E-state index contributed by atoms with van der Waals surface area (Å²) in [6, 6.07) is 5.11. The van der Waals surface area contributed by atoms with Crippen LogP contribution >= 0.6 is 15.9 Å². The Morgan fingerprint density at radius 2 is 2.10 bits per heavy atom. The lowest BCUT2D eigenvalue weighted by Crippen LogP contribution is -2.44. The Morgan fingerprint density at radius 1 is 1.32 bits per heavy atom. The van der Waals surface area contributed by atoms with Crippen LogP contribution in [-0.2, 0) is 11.8 Å². The molecule has 1 atom stereocenters. The van der Waals surface area contributed by atoms with Crippen LogP contribution in [0.2, 0.25) is 0 Å². The SMILES string of the molecule is C[C@@H](Nc1nc2c(Br)cccc2c2nc(-c3cnn(C)c3)nn12)C(=O)NCC(C)(C)O. The summed E-state index contributed by atoms with van der Waals surface area (Å²) in [6.07, 6.45) is 3.53. The van der Waals surface area contributed by atoms with E-state index in [1.54, 1.807) is 36.2 Å². The van der Waals surface area contributed by atoms with Gasteiger partial charge in [0.25, 0.3) is 0 Å². The highest BCUT2D eigenvalue weighted by Gasteiger charge is 2.21. The van der Waals surface area contributed by atoms with Crippen LogP contribution in [0.3, 0.4) is 0 Å². The van der Waals surface area contributed by atoms with Crippen molar-refractivity contribution in [2.75, 3.05) is 11.9 Å². The number of nitrogens with zero attached hydrogens (tertiary/aromatic N) is 6. The third-order valence-corrected chi connectivity index (χ3v) is 5.29. The first-order valence-electron chi connectivity index (χ1n) is 9.73. The molecule has 0 aliphatic carbocycles. The van der Waals surface area contributed by atoms with Crippen LogP contribution in [0.1, 0.15) is 20.8 Å². The maximum absolute atomic E-state index is 12.5. The molecule has 4 rings (SSSR count). The Morgan fingerprint density at radius 3 is 2.77 bits per heavy atom. The largest absolute Gasteiger partial charge is 0.389 e. The third kappa shape index (κ3) is 4.37. The maximum Gasteiger partial charge on any atom is 0.242 e. The number of fused-ring (bicyclic) bond motifs is 3. The lowest BCUT2D eigenvalue weighted by molar-refractivity contribution is -0.122. The van der Waals surface area contributed by atoms with Gasteiger partial charge in [0.1, 0.15) is 6.04 Å². The van der Waals surface area contributed by atoms with E-state index in [2.05, 4.69) is 36.8 Å². The molecule has 31 heavy (non-hydrogen) atoms. The van der Waals surface area contributed by atoms with Crippen molar-refractivity contribution in [1.29, 1.82) is 0 Å². The van der Waals surface area contributed by atoms with Crippen LogP contribution in [0.4, 0.5) is 5.95 Å². The van der Waals surface area contributed by atoms with Gasteiger partial charge < -0.3 is 15.7 Å². The molecule has 3 aromatic heterocycles. The van der Waals surface area contributed by atoms with E-state index in [0.29, 0.717) is 22.9 Å². The van der Waals surface area contributed by atoms with Crippen LogP contribution in [0.5, 0.6) is 0 Å². The lowest BCUT2D eigenvalue weighted by Gasteiger charge is -2.20. The minimum atomic E-state index is -1.00. The number of aromatic nitrogens is 6. The molecule has 162 valence electrons. The molecule has 0 aliphatic rings. The summed E-state index contributed by atoms with van der Waals surface area (Å²) in [5, 5.41) is 25.3. The number of aryl methyl sites for hydroxylation is 1. The first-order valence-corrected chi connectivity index (χ1v) is 10.5. The van der Waals surface area contributed by atoms with E-state index >= 15 is 0 Å². The Hall–Kier alpha value is -3.05. The number of halogens is 1. The number of amides is 1. The van der Waals surface area contributed by atoms with E-state index in [4.69, 9.17) is 9.97 Å². The van der Waals surface area contributed by atoms with Crippen molar-refractivity contribution in [3.8, 4) is 11.4 Å². The van der Waals surface area contributed by atoms with E-state index in [1.165, 1.54) is 0 Å². The summed E-state index contributed by atoms with van der Waals surface area (Å²) >= 11 is 3.55. The third-order valence-electron chi connectivity index (χ3n) is 4.65. The Bertz CT molecular complexity index is 1270. The number of nitrogens with one attached hydrogen (secondary N) is 2. The fourth-order valence-corrected chi connectivity index (χ4v) is 3.52. The minimum Gasteiger partial charge on any atom is -0.389 e. The first-order chi connectivity index (χ1) is 14.6. The predicted molar refractivity (Wildman–Crippen MR) is 121 cm³/mol. The summed E-state index contributed by atoms with van der Waals surface area (Å²) in [5.74, 6) is 0.615. The highest BCUT2D eigenvalue weighted by atomic mass is 79.9. The molecule has 0 spiro atoms. The van der Waals surface area contributed by atoms with Gasteiger partial charge in [0, 0.05) is 29.6 Å². The van der Waals surface area contributed by atoms with Gasteiger partial charge in [0.2, 0.25) is 11.9 Å². The number of benzene rings is 1. The number of carbonyl (C=O) groups is 1. The molecule has 0 aliphatic heterocycles. The van der Waals surface area contributed by atoms with Crippen molar-refractivity contribution in [3.05, 3.63) is 35.1 Å². The summed E-state index contributed by atoms with van der Waals surface area (Å²) in [6.45, 7) is 5.12. The molecule has 0 unspecified atom stereocenters. The van der Waals surface area contributed by atoms with Gasteiger partial charge in [0.15, 0.2) is 11.5 Å². The highest BCUT2D eigenvalue weighted by Crippen LogP contribution is 2.28. The van der Waals surface area contributed by atoms with Crippen molar-refractivity contribution in [2.24, 2.45) is 7.05 Å². The number of rotatable bonds is 6. The summed E-state index contributed by atoms with van der Waals surface area (Å²) < 4.78 is 4.08. The normalized spacial score (nSPS) is 13.0. The van der Waals surface area contributed by atoms with E-state index in [9.17, 15) is 9.90 Å². The van der Waals surface area contributed by atoms with Gasteiger partial charge in [-0.2, -0.15) is 9.61 Å². The van der Waals surface area contributed by atoms with Crippen LogP contribution in [-0.4, -0.2) is 58.6 Å². The van der Waals surface area contributed by atoms with Crippen LogP contribution in [0.15, 0.2) is 35.1 Å². The Kier molecular flexibility index (Phi) is 5.40. The standard InChI is InChI=1S/C20H23BrN8O2/c1-11(18(30)22-10-20(2,3)31)24-19-25-15-13(6-5-7-14(15)21)17-26-16(27-29(17)19)12-8-23-28(4)9-12/h5-9,11,31H,10H2,1-4H3,(H,22,30)(H,24,25)/t11-/m1/s1. The van der Waals surface area contributed by atoms with Gasteiger partial charge in [0.05, 0.1) is 22.9 Å². The molecule has 0 fully saturated rings. The van der Waals surface area contributed by atoms with Crippen LogP contribution in [0.25, 0.3) is 27.9 Å². The van der Waals surface area contributed by atoms with E-state index in [-0.39, 0.29) is 12.5 Å². The number of hydrogen-bond donors (Lipinski definition) is 3. The number of carbonyl (C=O) groups excluding carboxylic acids is 1. The zero-order valence-corrected chi connectivity index (χ0v) is 19.2. The molecule has 0 bridgehead atoms. The van der Waals surface area contributed by atoms with Gasteiger partial charge in [-0.1, -0.05) is 6.07 Å². The quantitative estimate of drug-likeness (QED) is 0.381. The second kappa shape index (κ2) is 7.89. The van der Waals surface area contributed by atoms with Crippen molar-refractivity contribution in [2.45, 2.75) is 32.4 Å². The Balaban J connectivity index is 1.77. The van der Waals surface area contributed by atoms with Crippen molar-refractivity contribution < 1.29 is 9.90 Å². The molecule has 3 N–H and O–H groups in total. The summed E-state index contributed by atoms with van der Waals surface area (Å²) in [5.41, 5.74) is 1.08. The maximum atomic E-state index is 12.5. The van der Waals surface area contributed by atoms with E-state index < -0.39 is 11.6 Å². The van der Waals surface area contributed by atoms with Gasteiger partial charge in [-0.25, -0.2) is 9.97 Å². The van der Waals surface area contributed by atoms with E-state index in [1.807, 2.05) is 31.4 Å². The smallest absolute Gasteiger partial charge is 0.242 e. The van der Waals surface area contributed by atoms with Crippen molar-refractivity contribution >= 4 is 44.3 Å². The molecule has 10 nitrogen and oxygen atoms in total. The first kappa shape index (κ1) is 21.2. The number of para-hydroxylation sites is 1. The topological polar surface area (TPSA) is 122 Å². The fraction of sp³-hybridized carbons (Fsp3) is 0.350. The van der Waals surface area contributed by atoms with Gasteiger partial charge in [-0.15, -0.1) is 5.10 Å². The number of aliphatic hydroxyl groups is 1. The van der Waals surface area contributed by atoms with Crippen molar-refractivity contribution in [1.82, 2.24) is 34.7 Å². The van der Waals surface area contributed by atoms with E-state index in [0.717, 1.165) is 15.4 Å². The summed E-state index contributed by atoms with van der Waals surface area (Å²) in [7, 11) is 1.83. The molecular formula is C20H23BrN8O2. The fourth-order valence-electron chi connectivity index (χ4n) is 3.06. The predicted octanol–water partition coefficient (Wildman–Crippen LogP) is 2.13. The minimum absolute atomic E-state index is 0.137. The molecule has 11 heteroatoms. The van der Waals surface area contributed by atoms with Gasteiger partial charge in [-0.05, 0) is 48.8 Å². The zero-order chi connectivity index (χ0) is 22.3. The second-order valence-electron chi connectivity index (χ2n) is 8.04. The van der Waals surface area contributed by atoms with Gasteiger partial charge >= 0.3 is 0 Å². The number of hydrogen-bond acceptors (Lipinski definition) is 7. The Labute approximate surface area is 186 Å². The molecule has 1 amide bonds. The average Bonchev–Trinajstić information content (AvgIpc) is 3.33. The molecule has 4 aromatic rings.